The number of halogens is 4. The van der Waals surface area contributed by atoms with Gasteiger partial charge in [0.25, 0.3) is 0 Å². The molecular weight excluding hydrogens is 534 g/mol. The summed E-state index contributed by atoms with van der Waals surface area (Å²) in [6.07, 6.45) is -1.15. The summed E-state index contributed by atoms with van der Waals surface area (Å²) in [6.45, 7) is 0.526. The van der Waals surface area contributed by atoms with Crippen molar-refractivity contribution in [2.45, 2.75) is 30.0 Å². The Morgan fingerprint density at radius 2 is 1.71 bits per heavy atom. The summed E-state index contributed by atoms with van der Waals surface area (Å²) in [5, 5.41) is 9.78. The van der Waals surface area contributed by atoms with Crippen molar-refractivity contribution in [3.05, 3.63) is 60.7 Å². The summed E-state index contributed by atoms with van der Waals surface area (Å²) < 4.78 is 75.1. The zero-order chi connectivity index (χ0) is 28.1. The zero-order valence-electron chi connectivity index (χ0n) is 19.4. The Labute approximate surface area is 214 Å². The highest BCUT2D eigenvalue weighted by Crippen LogP contribution is 2.31. The third-order valence-corrected chi connectivity index (χ3v) is 6.79. The molecule has 2 heterocycles. The van der Waals surface area contributed by atoms with Gasteiger partial charge in [-0.2, -0.15) is 17.9 Å². The number of hydrogen-bond acceptors (Lipinski definition) is 7. The summed E-state index contributed by atoms with van der Waals surface area (Å²) in [4.78, 5) is 28.6. The van der Waals surface area contributed by atoms with Crippen LogP contribution in [0.5, 0.6) is 0 Å². The van der Waals surface area contributed by atoms with Crippen LogP contribution >= 0.6 is 0 Å². The van der Waals surface area contributed by atoms with Gasteiger partial charge in [-0.1, -0.05) is 30.3 Å². The Morgan fingerprint density at radius 3 is 2.29 bits per heavy atom. The van der Waals surface area contributed by atoms with Crippen LogP contribution < -0.4 is 15.8 Å². The second kappa shape index (κ2) is 11.5. The van der Waals surface area contributed by atoms with Crippen LogP contribution in [0.25, 0.3) is 22.3 Å². The van der Waals surface area contributed by atoms with Gasteiger partial charge < -0.3 is 16.2 Å². The maximum Gasteiger partial charge on any atom is 0.490 e. The average molecular weight is 556 g/mol. The number of rotatable bonds is 5. The number of aromatic nitrogens is 2. The molecule has 0 bridgehead atoms. The predicted molar refractivity (Wildman–Crippen MR) is 127 cm³/mol. The highest BCUT2D eigenvalue weighted by Gasteiger charge is 2.38. The van der Waals surface area contributed by atoms with Crippen LogP contribution in [-0.2, 0) is 19.6 Å². The second-order valence-electron chi connectivity index (χ2n) is 7.93. The van der Waals surface area contributed by atoms with Gasteiger partial charge in [-0.05, 0) is 30.5 Å². The fourth-order valence-corrected chi connectivity index (χ4v) is 4.93. The summed E-state index contributed by atoms with van der Waals surface area (Å²) >= 11 is 0. The van der Waals surface area contributed by atoms with Gasteiger partial charge in [0.15, 0.2) is 0 Å². The molecule has 0 spiro atoms. The maximum absolute atomic E-state index is 14.9. The van der Waals surface area contributed by atoms with E-state index in [0.717, 1.165) is 0 Å². The summed E-state index contributed by atoms with van der Waals surface area (Å²) in [7, 11) is -4.02. The van der Waals surface area contributed by atoms with Crippen molar-refractivity contribution in [1.82, 2.24) is 20.0 Å². The molecule has 0 saturated carbocycles. The number of piperidine rings is 1. The number of benzene rings is 2. The second-order valence-corrected chi connectivity index (χ2v) is 9.61. The maximum atomic E-state index is 14.9. The summed E-state index contributed by atoms with van der Waals surface area (Å²) in [5.41, 5.74) is 6.89. The molecule has 1 fully saturated rings. The Morgan fingerprint density at radius 1 is 1.08 bits per heavy atom. The number of nitrogen functional groups attached to an aromatic ring is 1. The Kier molecular flexibility index (Phi) is 8.63. The van der Waals surface area contributed by atoms with Crippen molar-refractivity contribution < 1.29 is 40.7 Å². The molecule has 1 atom stereocenters. The monoisotopic (exact) mass is 555 g/mol. The van der Waals surface area contributed by atoms with Crippen LogP contribution in [0.15, 0.2) is 59.8 Å². The summed E-state index contributed by atoms with van der Waals surface area (Å²) in [5.74, 6) is -3.59. The van der Waals surface area contributed by atoms with Crippen LogP contribution in [0, 0.1) is 5.82 Å². The van der Waals surface area contributed by atoms with Crippen molar-refractivity contribution in [3.63, 3.8) is 0 Å². The molecule has 10 nitrogen and oxygen atoms in total. The predicted octanol–water partition coefficient (Wildman–Crippen LogP) is 2.72. The van der Waals surface area contributed by atoms with Gasteiger partial charge in [0.05, 0.1) is 4.90 Å². The molecule has 5 N–H and O–H groups in total. The highest BCUT2D eigenvalue weighted by atomic mass is 32.2. The average Bonchev–Trinajstić information content (AvgIpc) is 2.86. The molecule has 4 rings (SSSR count). The van der Waals surface area contributed by atoms with Crippen molar-refractivity contribution in [3.8, 4) is 22.3 Å². The van der Waals surface area contributed by atoms with Gasteiger partial charge in [0.2, 0.25) is 21.9 Å². The van der Waals surface area contributed by atoms with E-state index in [-0.39, 0.29) is 22.3 Å². The first-order valence-corrected chi connectivity index (χ1v) is 12.3. The van der Waals surface area contributed by atoms with Crippen molar-refractivity contribution in [2.75, 3.05) is 12.3 Å². The van der Waals surface area contributed by atoms with Crippen molar-refractivity contribution >= 4 is 27.8 Å². The van der Waals surface area contributed by atoms with Gasteiger partial charge in [-0.15, -0.1) is 0 Å². The lowest BCUT2D eigenvalue weighted by atomic mass is 10.0. The molecule has 0 radical (unpaired) electrons. The van der Waals surface area contributed by atoms with E-state index in [1.54, 1.807) is 24.3 Å². The SMILES string of the molecule is Nc1ncc(-c2ccc(-c3ccccc3S(=O)(=O)N[C@H]3CCCNC3=O)cc2F)cn1.O=C(O)C(F)(F)F. The van der Waals surface area contributed by atoms with Crippen LogP contribution in [0.4, 0.5) is 23.5 Å². The molecule has 2 aromatic carbocycles. The minimum Gasteiger partial charge on any atom is -0.475 e. The number of hydrogen-bond donors (Lipinski definition) is 4. The number of sulfonamides is 1. The first-order valence-electron chi connectivity index (χ1n) is 10.9. The lowest BCUT2D eigenvalue weighted by Gasteiger charge is -2.23. The molecular formula is C23H21F4N5O5S. The standard InChI is InChI=1S/C21H20FN5O3S.C2HF3O2/c22-17-10-13(7-8-15(17)14-11-25-21(23)26-12-14)16-4-1-2-6-19(16)31(29,30)27-18-5-3-9-24-20(18)28;3-2(4,5)1(6)7/h1-2,4,6-8,10-12,18,27H,3,5,9H2,(H,24,28)(H2,23,25,26);(H,6,7)/t18-;/m0./s1. The molecule has 1 aromatic heterocycles. The molecule has 1 aliphatic rings. The fraction of sp³-hybridized carbons (Fsp3) is 0.217. The number of nitrogens with zero attached hydrogens (tertiary/aromatic N) is 2. The van der Waals surface area contributed by atoms with Crippen molar-refractivity contribution in [2.24, 2.45) is 0 Å². The van der Waals surface area contributed by atoms with E-state index >= 15 is 0 Å². The largest absolute Gasteiger partial charge is 0.490 e. The molecule has 15 heteroatoms. The molecule has 202 valence electrons. The van der Waals surface area contributed by atoms with Crippen LogP contribution in [0.3, 0.4) is 0 Å². The molecule has 38 heavy (non-hydrogen) atoms. The molecule has 3 aromatic rings. The number of carbonyl (C=O) groups excluding carboxylic acids is 1. The fourth-order valence-electron chi connectivity index (χ4n) is 3.47. The highest BCUT2D eigenvalue weighted by molar-refractivity contribution is 7.89. The van der Waals surface area contributed by atoms with Crippen LogP contribution in [0.1, 0.15) is 12.8 Å². The third-order valence-electron chi connectivity index (χ3n) is 5.26. The van der Waals surface area contributed by atoms with Gasteiger partial charge in [-0.25, -0.2) is 27.6 Å². The first kappa shape index (κ1) is 28.5. The number of amides is 1. The van der Waals surface area contributed by atoms with E-state index in [1.807, 2.05) is 0 Å². The molecule has 1 saturated heterocycles. The summed E-state index contributed by atoms with van der Waals surface area (Å²) in [6, 6.07) is 9.84. The van der Waals surface area contributed by atoms with E-state index in [4.69, 9.17) is 15.6 Å². The van der Waals surface area contributed by atoms with E-state index in [9.17, 15) is 30.8 Å². The number of alkyl halides is 3. The normalized spacial score (nSPS) is 15.7. The third kappa shape index (κ3) is 7.01. The van der Waals surface area contributed by atoms with E-state index in [2.05, 4.69) is 20.0 Å². The number of anilines is 1. The number of carboxylic acid groups (broad SMARTS) is 1. The van der Waals surface area contributed by atoms with E-state index < -0.39 is 34.0 Å². The zero-order valence-corrected chi connectivity index (χ0v) is 20.2. The number of nitrogens with two attached hydrogens (primary N) is 1. The quantitative estimate of drug-likeness (QED) is 0.349. The number of carboxylic acids is 1. The van der Waals surface area contributed by atoms with Gasteiger partial charge in [0.1, 0.15) is 11.9 Å². The lowest BCUT2D eigenvalue weighted by molar-refractivity contribution is -0.192. The lowest BCUT2D eigenvalue weighted by Crippen LogP contribution is -2.50. The smallest absolute Gasteiger partial charge is 0.475 e. The molecule has 0 unspecified atom stereocenters. The van der Waals surface area contributed by atoms with E-state index in [1.165, 1.54) is 30.6 Å². The van der Waals surface area contributed by atoms with Crippen molar-refractivity contribution in [1.29, 1.82) is 0 Å². The number of carbonyl (C=O) groups is 2. The van der Waals surface area contributed by atoms with Gasteiger partial charge in [-0.3, -0.25) is 4.79 Å². The number of nitrogens with one attached hydrogen (secondary N) is 2. The molecule has 1 amide bonds. The Balaban J connectivity index is 0.000000505. The minimum atomic E-state index is -5.08. The topological polar surface area (TPSA) is 164 Å². The molecule has 1 aliphatic heterocycles. The first-order chi connectivity index (χ1) is 17.8. The Bertz CT molecular complexity index is 1430. The van der Waals surface area contributed by atoms with Gasteiger partial charge >= 0.3 is 12.1 Å². The Hall–Kier alpha value is -4.11. The molecule has 0 aliphatic carbocycles. The van der Waals surface area contributed by atoms with Gasteiger partial charge in [0, 0.05) is 35.6 Å². The minimum absolute atomic E-state index is 0.0312. The van der Waals surface area contributed by atoms with Crippen LogP contribution in [0.2, 0.25) is 0 Å². The number of aliphatic carboxylic acids is 1. The van der Waals surface area contributed by atoms with Crippen LogP contribution in [-0.4, -0.2) is 54.1 Å². The van der Waals surface area contributed by atoms with E-state index in [0.29, 0.717) is 36.1 Å².